The Hall–Kier alpha value is 1.60. The van der Waals surface area contributed by atoms with Crippen molar-refractivity contribution in [1.82, 2.24) is 0 Å². The summed E-state index contributed by atoms with van der Waals surface area (Å²) in [4.78, 5) is 0. The van der Waals surface area contributed by atoms with Crippen LogP contribution < -0.4 is 25.1 Å². The van der Waals surface area contributed by atoms with E-state index in [0.717, 1.165) is 0 Å². The van der Waals surface area contributed by atoms with Crippen molar-refractivity contribution < 1.29 is 92.9 Å². The standard InChI is InChI=1S/2Ag.3H2O4Se/c;;3*1-5(2,3)4/h;;3*(H2,1,2,3,4)/p-6. The summed E-state index contributed by atoms with van der Waals surface area (Å²) in [7, 11) is 0. The van der Waals surface area contributed by atoms with E-state index in [9.17, 15) is 0 Å². The van der Waals surface area contributed by atoms with Gasteiger partial charge in [-0.25, -0.2) is 0 Å². The molecule has 118 valence electrons. The average Bonchev–Trinajstić information content (AvgIpc) is 1.41. The van der Waals surface area contributed by atoms with Crippen LogP contribution in [0.5, 0.6) is 0 Å². The van der Waals surface area contributed by atoms with Gasteiger partial charge >= 0.3 is 88.2 Å². The molecule has 0 saturated heterocycles. The van der Waals surface area contributed by atoms with Crippen LogP contribution in [0.1, 0.15) is 0 Å². The van der Waals surface area contributed by atoms with Crippen LogP contribution in [0.2, 0.25) is 0 Å². The zero-order valence-corrected chi connectivity index (χ0v) is 14.8. The van der Waals surface area contributed by atoms with Crippen LogP contribution >= 0.6 is 0 Å². The smallest absolute Gasteiger partial charge is 0 e. The van der Waals surface area contributed by atoms with E-state index in [1.165, 1.54) is 0 Å². The molecule has 0 N–H and O–H groups in total. The van der Waals surface area contributed by atoms with E-state index in [1.54, 1.807) is 0 Å². The van der Waals surface area contributed by atoms with Gasteiger partial charge in [-0.15, -0.1) is 0 Å². The molecular formula is Ag2O12Se3-6. The quantitative estimate of drug-likeness (QED) is 0.223. The third-order valence-corrected chi connectivity index (χ3v) is 0. The molecule has 0 atom stereocenters. The molecule has 0 aliphatic rings. The van der Waals surface area contributed by atoms with E-state index in [2.05, 4.69) is 0 Å². The molecule has 0 aromatic rings. The van der Waals surface area contributed by atoms with Crippen LogP contribution in [0.3, 0.4) is 0 Å². The molecule has 0 bridgehead atoms. The molecule has 17 heteroatoms. The molecule has 0 heterocycles. The molecule has 0 aromatic heterocycles. The van der Waals surface area contributed by atoms with Gasteiger partial charge in [-0.05, 0) is 0 Å². The SMILES string of the molecule is O=[Se](=O)([O-])[O-].O=[Se](=O)([O-])[O-].O=[Se](=O)([O-])[O-].[Ag].[Ag]. The van der Waals surface area contributed by atoms with E-state index in [4.69, 9.17) is 48.1 Å². The molecule has 0 fully saturated rings. The van der Waals surface area contributed by atoms with E-state index in [0.29, 0.717) is 0 Å². The Morgan fingerprint density at radius 3 is 0.412 bits per heavy atom. The molecule has 17 heavy (non-hydrogen) atoms. The van der Waals surface area contributed by atoms with Crippen LogP contribution in [-0.4, -0.2) is 40.1 Å². The first-order valence-electron chi connectivity index (χ1n) is 2.00. The summed E-state index contributed by atoms with van der Waals surface area (Å²) in [5.41, 5.74) is 0. The molecule has 0 rings (SSSR count). The minimum Gasteiger partial charge on any atom is 0 e. The third kappa shape index (κ3) is 1670. The summed E-state index contributed by atoms with van der Waals surface area (Å²) in [5.74, 6) is 0. The van der Waals surface area contributed by atoms with Gasteiger partial charge in [0, 0.05) is 44.8 Å². The summed E-state index contributed by atoms with van der Waals surface area (Å²) >= 11 is -17.2. The van der Waals surface area contributed by atoms with Crippen LogP contribution in [0, 0.1) is 0 Å². The average molecular weight is 645 g/mol. The largest absolute Gasteiger partial charge is 0 e. The number of hydrogen-bond acceptors (Lipinski definition) is 12. The minimum atomic E-state index is -5.75. The Labute approximate surface area is 132 Å². The first kappa shape index (κ1) is 31.1. The van der Waals surface area contributed by atoms with E-state index >= 15 is 0 Å². The molecule has 0 saturated carbocycles. The van der Waals surface area contributed by atoms with Gasteiger partial charge in [0.2, 0.25) is 0 Å². The Kier molecular flexibility index (Phi) is 23.1. The first-order valence-corrected chi connectivity index (χ1v) is 10.4. The fourth-order valence-corrected chi connectivity index (χ4v) is 0. The second kappa shape index (κ2) is 12.6. The normalized spacial score (nSPS) is 10.2. The number of hydrogen-bond donors (Lipinski definition) is 0. The van der Waals surface area contributed by atoms with Crippen LogP contribution in [0.15, 0.2) is 0 Å². The van der Waals surface area contributed by atoms with Crippen molar-refractivity contribution in [2.75, 3.05) is 0 Å². The van der Waals surface area contributed by atoms with Crippen LogP contribution in [0.4, 0.5) is 0 Å². The van der Waals surface area contributed by atoms with Crippen LogP contribution in [-0.2, 0) is 67.8 Å². The van der Waals surface area contributed by atoms with Crippen molar-refractivity contribution in [2.24, 2.45) is 0 Å². The van der Waals surface area contributed by atoms with Crippen molar-refractivity contribution in [3.63, 3.8) is 0 Å². The maximum absolute atomic E-state index is 8.59. The third-order valence-electron chi connectivity index (χ3n) is 0. The molecular weight excluding hydrogens is 645 g/mol. The van der Waals surface area contributed by atoms with Crippen molar-refractivity contribution >= 4 is 40.1 Å². The van der Waals surface area contributed by atoms with Crippen molar-refractivity contribution in [3.05, 3.63) is 0 Å². The van der Waals surface area contributed by atoms with Gasteiger partial charge in [-0.3, -0.25) is 0 Å². The van der Waals surface area contributed by atoms with Gasteiger partial charge in [0.15, 0.2) is 0 Å². The van der Waals surface area contributed by atoms with Crippen LogP contribution in [0.25, 0.3) is 0 Å². The Bertz CT molecular complexity index is 341. The molecule has 0 aliphatic carbocycles. The number of rotatable bonds is 0. The van der Waals surface area contributed by atoms with Crippen molar-refractivity contribution in [3.8, 4) is 0 Å². The maximum atomic E-state index is 8.59. The predicted octanol–water partition coefficient (Wildman–Crippen LogP) is -8.99. The monoisotopic (exact) mass is 646 g/mol. The summed E-state index contributed by atoms with van der Waals surface area (Å²) in [6.07, 6.45) is 0. The van der Waals surface area contributed by atoms with Crippen molar-refractivity contribution in [1.29, 1.82) is 0 Å². The summed E-state index contributed by atoms with van der Waals surface area (Å²) < 4.78 is 103. The summed E-state index contributed by atoms with van der Waals surface area (Å²) in [5, 5.41) is 0. The van der Waals surface area contributed by atoms with Gasteiger partial charge < -0.3 is 0 Å². The Balaban J connectivity index is -0.0000000400. The van der Waals surface area contributed by atoms with Gasteiger partial charge in [0.05, 0.1) is 0 Å². The fourth-order valence-electron chi connectivity index (χ4n) is 0. The zero-order chi connectivity index (χ0) is 13.5. The molecule has 12 nitrogen and oxygen atoms in total. The molecule has 2 radical (unpaired) electrons. The maximum Gasteiger partial charge on any atom is 0 e. The molecule has 0 unspecified atom stereocenters. The minimum absolute atomic E-state index is 0. The van der Waals surface area contributed by atoms with Crippen molar-refractivity contribution in [2.45, 2.75) is 0 Å². The second-order valence-corrected chi connectivity index (χ2v) is 6.36. The fraction of sp³-hybridized carbons (Fsp3) is 0. The van der Waals surface area contributed by atoms with Gasteiger partial charge in [-0.2, -0.15) is 0 Å². The molecule has 0 spiro atoms. The molecule has 0 aromatic carbocycles. The predicted molar refractivity (Wildman–Crippen MR) is 21.4 cm³/mol. The van der Waals surface area contributed by atoms with E-state index < -0.39 is 40.1 Å². The van der Waals surface area contributed by atoms with Gasteiger partial charge in [0.25, 0.3) is 0 Å². The van der Waals surface area contributed by atoms with E-state index in [1.807, 2.05) is 0 Å². The second-order valence-electron chi connectivity index (χ2n) is 1.22. The molecule has 0 amide bonds. The Morgan fingerprint density at radius 2 is 0.412 bits per heavy atom. The summed E-state index contributed by atoms with van der Waals surface area (Å²) in [6, 6.07) is 0. The zero-order valence-electron chi connectivity index (χ0n) is 6.73. The van der Waals surface area contributed by atoms with E-state index in [-0.39, 0.29) is 44.8 Å². The first-order chi connectivity index (χ1) is 6.00. The van der Waals surface area contributed by atoms with Gasteiger partial charge in [0.1, 0.15) is 0 Å². The topological polar surface area (TPSA) is 241 Å². The Morgan fingerprint density at radius 1 is 0.412 bits per heavy atom. The van der Waals surface area contributed by atoms with Gasteiger partial charge in [-0.1, -0.05) is 0 Å². The molecule has 0 aliphatic heterocycles. The summed E-state index contributed by atoms with van der Waals surface area (Å²) in [6.45, 7) is 0.